The van der Waals surface area contributed by atoms with Gasteiger partial charge in [-0.1, -0.05) is 11.6 Å². The van der Waals surface area contributed by atoms with Crippen LogP contribution in [0.2, 0.25) is 5.02 Å². The third kappa shape index (κ3) is 3.40. The minimum absolute atomic E-state index is 0.149. The van der Waals surface area contributed by atoms with Crippen LogP contribution in [-0.2, 0) is 10.0 Å². The topological polar surface area (TPSA) is 81.4 Å². The number of hydrogen-bond acceptors (Lipinski definition) is 4. The van der Waals surface area contributed by atoms with Gasteiger partial charge in [-0.2, -0.15) is 0 Å². The highest BCUT2D eigenvalue weighted by Gasteiger charge is 2.18. The fraction of sp³-hybridized carbons (Fsp3) is 0.143. The van der Waals surface area contributed by atoms with Crippen LogP contribution in [0.5, 0.6) is 5.75 Å². The number of nitrogens with two attached hydrogens (primary N) is 1. The average molecular weight is 327 g/mol. The summed E-state index contributed by atoms with van der Waals surface area (Å²) in [6.45, 7) is 1.68. The molecule has 0 bridgehead atoms. The number of nitrogen functional groups attached to an aromatic ring is 1. The molecule has 0 amide bonds. The number of rotatable bonds is 4. The minimum atomic E-state index is -3.75. The number of benzene rings is 2. The normalized spacial score (nSPS) is 11.2. The molecule has 2 rings (SSSR count). The molecular formula is C14H15ClN2O3S. The average Bonchev–Trinajstić information content (AvgIpc) is 2.40. The largest absolute Gasteiger partial charge is 0.497 e. The van der Waals surface area contributed by atoms with Crippen LogP contribution in [0.3, 0.4) is 0 Å². The molecule has 3 N–H and O–H groups in total. The van der Waals surface area contributed by atoms with E-state index >= 15 is 0 Å². The van der Waals surface area contributed by atoms with E-state index in [1.54, 1.807) is 25.1 Å². The highest BCUT2D eigenvalue weighted by atomic mass is 35.5. The first-order chi connectivity index (χ1) is 9.83. The maximum absolute atomic E-state index is 12.4. The van der Waals surface area contributed by atoms with Crippen molar-refractivity contribution in [1.29, 1.82) is 0 Å². The van der Waals surface area contributed by atoms with Crippen LogP contribution in [0.25, 0.3) is 0 Å². The minimum Gasteiger partial charge on any atom is -0.497 e. The quantitative estimate of drug-likeness (QED) is 0.846. The lowest BCUT2D eigenvalue weighted by atomic mass is 10.2. The fourth-order valence-corrected chi connectivity index (χ4v) is 3.40. The summed E-state index contributed by atoms with van der Waals surface area (Å²) in [5.74, 6) is 0.506. The second-order valence-electron chi connectivity index (χ2n) is 4.48. The van der Waals surface area contributed by atoms with Crippen LogP contribution in [0.1, 0.15) is 5.56 Å². The zero-order valence-electron chi connectivity index (χ0n) is 11.6. The summed E-state index contributed by atoms with van der Waals surface area (Å²) in [5, 5.41) is 0.285. The van der Waals surface area contributed by atoms with Gasteiger partial charge in [-0.3, -0.25) is 4.72 Å². The molecule has 0 atom stereocenters. The first-order valence-electron chi connectivity index (χ1n) is 6.06. The molecule has 112 valence electrons. The second kappa shape index (κ2) is 5.83. The summed E-state index contributed by atoms with van der Waals surface area (Å²) in [6, 6.07) is 9.33. The van der Waals surface area contributed by atoms with Crippen LogP contribution in [0.4, 0.5) is 11.4 Å². The molecule has 5 nitrogen and oxygen atoms in total. The van der Waals surface area contributed by atoms with Gasteiger partial charge in [0.2, 0.25) is 0 Å². The van der Waals surface area contributed by atoms with E-state index in [1.807, 2.05) is 0 Å². The lowest BCUT2D eigenvalue weighted by Gasteiger charge is -2.13. The van der Waals surface area contributed by atoms with E-state index in [0.717, 1.165) is 0 Å². The molecule has 0 saturated carbocycles. The van der Waals surface area contributed by atoms with Gasteiger partial charge in [-0.05, 0) is 42.8 Å². The van der Waals surface area contributed by atoms with Gasteiger partial charge in [0.25, 0.3) is 10.0 Å². The number of methoxy groups -OCH3 is 1. The summed E-state index contributed by atoms with van der Waals surface area (Å²) in [4.78, 5) is 0.149. The van der Waals surface area contributed by atoms with E-state index < -0.39 is 10.0 Å². The van der Waals surface area contributed by atoms with Crippen molar-refractivity contribution in [3.8, 4) is 5.75 Å². The SMILES string of the molecule is COc1ccc(Cl)c(NS(=O)(=O)c2ccc(N)cc2C)c1. The van der Waals surface area contributed by atoms with Gasteiger partial charge in [0.1, 0.15) is 5.75 Å². The van der Waals surface area contributed by atoms with Crippen molar-refractivity contribution in [2.75, 3.05) is 17.6 Å². The number of hydrogen-bond donors (Lipinski definition) is 2. The van der Waals surface area contributed by atoms with Gasteiger partial charge in [-0.15, -0.1) is 0 Å². The van der Waals surface area contributed by atoms with E-state index in [2.05, 4.69) is 4.72 Å². The van der Waals surface area contributed by atoms with Crippen LogP contribution in [-0.4, -0.2) is 15.5 Å². The molecule has 0 aliphatic carbocycles. The zero-order chi connectivity index (χ0) is 15.6. The Bertz CT molecular complexity index is 776. The Morgan fingerprint density at radius 1 is 1.19 bits per heavy atom. The third-order valence-electron chi connectivity index (χ3n) is 2.91. The van der Waals surface area contributed by atoms with Crippen molar-refractivity contribution in [2.24, 2.45) is 0 Å². The highest BCUT2D eigenvalue weighted by Crippen LogP contribution is 2.29. The zero-order valence-corrected chi connectivity index (χ0v) is 13.1. The number of aryl methyl sites for hydroxylation is 1. The molecule has 0 spiro atoms. The van der Waals surface area contributed by atoms with Gasteiger partial charge in [0.15, 0.2) is 0 Å². The Morgan fingerprint density at radius 2 is 1.90 bits per heavy atom. The maximum atomic E-state index is 12.4. The number of sulfonamides is 1. The lowest BCUT2D eigenvalue weighted by Crippen LogP contribution is -2.14. The number of ether oxygens (including phenoxy) is 1. The van der Waals surface area contributed by atoms with Crippen molar-refractivity contribution >= 4 is 33.0 Å². The molecule has 0 radical (unpaired) electrons. The number of nitrogens with one attached hydrogen (secondary N) is 1. The van der Waals surface area contributed by atoms with Crippen molar-refractivity contribution in [3.63, 3.8) is 0 Å². The van der Waals surface area contributed by atoms with Gasteiger partial charge in [0, 0.05) is 11.8 Å². The molecule has 0 aromatic heterocycles. The third-order valence-corrected chi connectivity index (χ3v) is 4.76. The smallest absolute Gasteiger partial charge is 0.262 e. The number of anilines is 2. The predicted molar refractivity (Wildman–Crippen MR) is 84.4 cm³/mol. The monoisotopic (exact) mass is 326 g/mol. The van der Waals surface area contributed by atoms with Gasteiger partial charge < -0.3 is 10.5 Å². The van der Waals surface area contributed by atoms with Crippen LogP contribution >= 0.6 is 11.6 Å². The highest BCUT2D eigenvalue weighted by molar-refractivity contribution is 7.92. The van der Waals surface area contributed by atoms with Gasteiger partial charge in [-0.25, -0.2) is 8.42 Å². The molecule has 2 aromatic carbocycles. The summed E-state index contributed by atoms with van der Waals surface area (Å²) < 4.78 is 32.4. The van der Waals surface area contributed by atoms with E-state index in [1.165, 1.54) is 25.3 Å². The van der Waals surface area contributed by atoms with Crippen LogP contribution in [0.15, 0.2) is 41.3 Å². The Morgan fingerprint density at radius 3 is 2.52 bits per heavy atom. The molecule has 0 unspecified atom stereocenters. The van der Waals surface area contributed by atoms with E-state index in [4.69, 9.17) is 22.1 Å². The fourth-order valence-electron chi connectivity index (χ4n) is 1.88. The molecule has 2 aromatic rings. The maximum Gasteiger partial charge on any atom is 0.262 e. The van der Waals surface area contributed by atoms with E-state index in [9.17, 15) is 8.42 Å². The lowest BCUT2D eigenvalue weighted by molar-refractivity contribution is 0.415. The Labute approximate surface area is 128 Å². The van der Waals surface area contributed by atoms with Crippen molar-refractivity contribution in [1.82, 2.24) is 0 Å². The van der Waals surface area contributed by atoms with Crippen molar-refractivity contribution in [3.05, 3.63) is 47.0 Å². The summed E-state index contributed by atoms with van der Waals surface area (Å²) in [6.07, 6.45) is 0. The van der Waals surface area contributed by atoms with E-state index in [-0.39, 0.29) is 15.6 Å². The Balaban J connectivity index is 2.42. The first-order valence-corrected chi connectivity index (χ1v) is 7.92. The van der Waals surface area contributed by atoms with E-state index in [0.29, 0.717) is 17.0 Å². The molecule has 21 heavy (non-hydrogen) atoms. The molecule has 7 heteroatoms. The molecule has 0 heterocycles. The van der Waals surface area contributed by atoms with Crippen LogP contribution in [0, 0.1) is 6.92 Å². The van der Waals surface area contributed by atoms with Crippen LogP contribution < -0.4 is 15.2 Å². The molecule has 0 saturated heterocycles. The Kier molecular flexibility index (Phi) is 4.29. The first kappa shape index (κ1) is 15.5. The second-order valence-corrected chi connectivity index (χ2v) is 6.53. The summed E-state index contributed by atoms with van der Waals surface area (Å²) in [5.41, 5.74) is 6.95. The Hall–Kier alpha value is -1.92. The molecular weight excluding hydrogens is 312 g/mol. The molecule has 0 aliphatic rings. The van der Waals surface area contributed by atoms with Crippen molar-refractivity contribution < 1.29 is 13.2 Å². The van der Waals surface area contributed by atoms with Gasteiger partial charge >= 0.3 is 0 Å². The summed E-state index contributed by atoms with van der Waals surface area (Å²) in [7, 11) is -2.26. The molecule has 0 fully saturated rings. The molecule has 0 aliphatic heterocycles. The predicted octanol–water partition coefficient (Wildman–Crippen LogP) is 3.04. The van der Waals surface area contributed by atoms with Gasteiger partial charge in [0.05, 0.1) is 22.7 Å². The summed E-state index contributed by atoms with van der Waals surface area (Å²) >= 11 is 6.01. The number of halogens is 1. The van der Waals surface area contributed by atoms with Crippen molar-refractivity contribution in [2.45, 2.75) is 11.8 Å². The standard InChI is InChI=1S/C14H15ClN2O3S/c1-9-7-10(16)3-6-14(9)21(18,19)17-13-8-11(20-2)4-5-12(13)15/h3-8,17H,16H2,1-2H3.